The van der Waals surface area contributed by atoms with E-state index in [0.717, 1.165) is 0 Å². The summed E-state index contributed by atoms with van der Waals surface area (Å²) >= 11 is 0. The Labute approximate surface area is 147 Å². The molecule has 2 amide bonds. The summed E-state index contributed by atoms with van der Waals surface area (Å²) in [4.78, 5) is 25.0. The van der Waals surface area contributed by atoms with Crippen LogP contribution in [0, 0.1) is 0 Å². The number of piperidine rings is 1. The molecule has 9 heteroatoms. The molecule has 0 saturated carbocycles. The quantitative estimate of drug-likeness (QED) is 0.657. The van der Waals surface area contributed by atoms with Crippen LogP contribution in [-0.4, -0.2) is 65.0 Å². The smallest absolute Gasteiger partial charge is 0.251 e. The van der Waals surface area contributed by atoms with Crippen molar-refractivity contribution in [1.82, 2.24) is 14.9 Å². The summed E-state index contributed by atoms with van der Waals surface area (Å²) in [7, 11) is -0.511. The lowest BCUT2D eigenvalue weighted by Crippen LogP contribution is -2.48. The molecule has 1 saturated heterocycles. The van der Waals surface area contributed by atoms with Crippen molar-refractivity contribution < 1.29 is 22.7 Å². The van der Waals surface area contributed by atoms with Crippen LogP contribution in [0.5, 0.6) is 0 Å². The second-order valence-electron chi connectivity index (χ2n) is 5.90. The third-order valence-corrected chi connectivity index (χ3v) is 5.50. The molecule has 1 aromatic rings. The van der Waals surface area contributed by atoms with E-state index in [0.29, 0.717) is 38.1 Å². The van der Waals surface area contributed by atoms with E-state index < -0.39 is 10.0 Å². The van der Waals surface area contributed by atoms with Crippen molar-refractivity contribution in [1.29, 1.82) is 0 Å². The summed E-state index contributed by atoms with van der Waals surface area (Å²) in [5.74, 6) is -0.277. The second-order valence-corrected chi connectivity index (χ2v) is 7.62. The molecule has 1 aliphatic rings. The molecule has 1 aliphatic heterocycles. The van der Waals surface area contributed by atoms with Crippen LogP contribution in [0.25, 0.3) is 0 Å². The molecule has 0 unspecified atom stereocenters. The Hall–Kier alpha value is -1.97. The van der Waals surface area contributed by atoms with Crippen molar-refractivity contribution in [2.45, 2.75) is 23.8 Å². The summed E-state index contributed by atoms with van der Waals surface area (Å²) < 4.78 is 32.4. The van der Waals surface area contributed by atoms with Gasteiger partial charge in [0.15, 0.2) is 0 Å². The van der Waals surface area contributed by atoms with Gasteiger partial charge in [0.05, 0.1) is 11.5 Å². The number of likely N-dealkylation sites (tertiary alicyclic amines) is 1. The van der Waals surface area contributed by atoms with Crippen molar-refractivity contribution in [3.63, 3.8) is 0 Å². The Morgan fingerprint density at radius 3 is 2.60 bits per heavy atom. The molecule has 25 heavy (non-hydrogen) atoms. The van der Waals surface area contributed by atoms with Crippen LogP contribution in [0.4, 0.5) is 0 Å². The van der Waals surface area contributed by atoms with Gasteiger partial charge in [-0.25, -0.2) is 13.1 Å². The molecule has 1 atom stereocenters. The van der Waals surface area contributed by atoms with E-state index in [-0.39, 0.29) is 22.8 Å². The lowest BCUT2D eigenvalue weighted by molar-refractivity contribution is -0.132. The topological polar surface area (TPSA) is 105 Å². The zero-order chi connectivity index (χ0) is 18.4. The van der Waals surface area contributed by atoms with Gasteiger partial charge >= 0.3 is 0 Å². The number of benzene rings is 1. The number of likely N-dealkylation sites (N-methyl/N-ethyl adjacent to an activating group) is 1. The Kier molecular flexibility index (Phi) is 6.51. The fourth-order valence-corrected chi connectivity index (χ4v) is 3.81. The average Bonchev–Trinajstić information content (AvgIpc) is 2.58. The fourth-order valence-electron chi connectivity index (χ4n) is 2.55. The first kappa shape index (κ1) is 19.4. The molecule has 1 fully saturated rings. The van der Waals surface area contributed by atoms with Gasteiger partial charge in [0.1, 0.15) is 0 Å². The molecule has 0 spiro atoms. The maximum atomic E-state index is 12.4. The van der Waals surface area contributed by atoms with Gasteiger partial charge in [-0.1, -0.05) is 0 Å². The molecule has 1 heterocycles. The first-order valence-corrected chi connectivity index (χ1v) is 9.45. The van der Waals surface area contributed by atoms with Crippen LogP contribution in [-0.2, 0) is 19.6 Å². The minimum absolute atomic E-state index is 0.0132. The molecule has 1 aromatic carbocycles. The largest absolute Gasteiger partial charge is 0.383 e. The van der Waals surface area contributed by atoms with Gasteiger partial charge in [-0.3, -0.25) is 9.59 Å². The molecule has 2 N–H and O–H groups in total. The summed E-state index contributed by atoms with van der Waals surface area (Å²) in [5.41, 5.74) is 0.373. The molecule has 0 bridgehead atoms. The van der Waals surface area contributed by atoms with Crippen molar-refractivity contribution in [2.75, 3.05) is 33.9 Å². The molecule has 0 radical (unpaired) electrons. The molecular weight excluding hydrogens is 346 g/mol. The Bertz CT molecular complexity index is 718. The number of hydrogen-bond donors (Lipinski definition) is 2. The Morgan fingerprint density at radius 1 is 1.32 bits per heavy atom. The number of nitrogens with zero attached hydrogens (tertiary/aromatic N) is 1. The van der Waals surface area contributed by atoms with Gasteiger partial charge in [-0.15, -0.1) is 0 Å². The highest BCUT2D eigenvalue weighted by atomic mass is 32.2. The normalized spacial score (nSPS) is 18.2. The minimum atomic E-state index is -3.70. The van der Waals surface area contributed by atoms with Gasteiger partial charge in [0, 0.05) is 45.3 Å². The summed E-state index contributed by atoms with van der Waals surface area (Å²) in [6.07, 6.45) is 0.798. The summed E-state index contributed by atoms with van der Waals surface area (Å²) in [6.45, 7) is 1.13. The summed E-state index contributed by atoms with van der Waals surface area (Å²) in [5, 5.41) is 2.67. The lowest BCUT2D eigenvalue weighted by Gasteiger charge is -2.29. The van der Waals surface area contributed by atoms with Crippen molar-refractivity contribution >= 4 is 21.8 Å². The van der Waals surface area contributed by atoms with E-state index in [9.17, 15) is 18.0 Å². The highest BCUT2D eigenvalue weighted by molar-refractivity contribution is 7.89. The SMILES string of the molecule is COCCNC(=O)c1ccc(S(=O)(=O)N[C@@H]2CCC(=O)N(C)C2)cc1. The van der Waals surface area contributed by atoms with Crippen molar-refractivity contribution in [2.24, 2.45) is 0 Å². The zero-order valence-corrected chi connectivity index (χ0v) is 15.1. The Balaban J connectivity index is 2.00. The van der Waals surface area contributed by atoms with Crippen LogP contribution in [0.15, 0.2) is 29.2 Å². The molecule has 0 aliphatic carbocycles. The highest BCUT2D eigenvalue weighted by Gasteiger charge is 2.27. The van der Waals surface area contributed by atoms with Gasteiger partial charge in [-0.2, -0.15) is 0 Å². The Morgan fingerprint density at radius 2 is 2.00 bits per heavy atom. The number of methoxy groups -OCH3 is 1. The van der Waals surface area contributed by atoms with Crippen molar-refractivity contribution in [3.8, 4) is 0 Å². The van der Waals surface area contributed by atoms with E-state index in [1.165, 1.54) is 29.2 Å². The standard InChI is InChI=1S/C16H23N3O5S/c1-19-11-13(5-8-15(19)20)18-25(22,23)14-6-3-12(4-7-14)16(21)17-9-10-24-2/h3-4,6-7,13,18H,5,8-11H2,1-2H3,(H,17,21)/t13-/m1/s1. The number of carbonyl (C=O) groups is 2. The molecule has 138 valence electrons. The predicted molar refractivity (Wildman–Crippen MR) is 91.6 cm³/mol. The third kappa shape index (κ3) is 5.25. The number of hydrogen-bond acceptors (Lipinski definition) is 5. The molecular formula is C16H23N3O5S. The maximum absolute atomic E-state index is 12.4. The molecule has 0 aromatic heterocycles. The van der Waals surface area contributed by atoms with Crippen LogP contribution in [0.1, 0.15) is 23.2 Å². The fraction of sp³-hybridized carbons (Fsp3) is 0.500. The number of nitrogens with one attached hydrogen (secondary N) is 2. The highest BCUT2D eigenvalue weighted by Crippen LogP contribution is 2.15. The summed E-state index contributed by atoms with van der Waals surface area (Å²) in [6, 6.07) is 5.40. The van der Waals surface area contributed by atoms with E-state index in [1.54, 1.807) is 14.2 Å². The molecule has 8 nitrogen and oxygen atoms in total. The number of rotatable bonds is 7. The maximum Gasteiger partial charge on any atom is 0.251 e. The van der Waals surface area contributed by atoms with Gasteiger partial charge in [0.2, 0.25) is 15.9 Å². The number of ether oxygens (including phenoxy) is 1. The predicted octanol–water partition coefficient (Wildman–Crippen LogP) is -0.0381. The zero-order valence-electron chi connectivity index (χ0n) is 14.3. The first-order chi connectivity index (χ1) is 11.8. The average molecular weight is 369 g/mol. The van der Waals surface area contributed by atoms with E-state index in [1.807, 2.05) is 0 Å². The van der Waals surface area contributed by atoms with Gasteiger partial charge in [-0.05, 0) is 30.7 Å². The van der Waals surface area contributed by atoms with Crippen LogP contribution >= 0.6 is 0 Å². The lowest BCUT2D eigenvalue weighted by atomic mass is 10.1. The number of amides is 2. The van der Waals surface area contributed by atoms with Crippen LogP contribution < -0.4 is 10.0 Å². The van der Waals surface area contributed by atoms with Crippen LogP contribution in [0.3, 0.4) is 0 Å². The number of carbonyl (C=O) groups excluding carboxylic acids is 2. The second kappa shape index (κ2) is 8.41. The third-order valence-electron chi connectivity index (χ3n) is 3.97. The molecule has 2 rings (SSSR count). The van der Waals surface area contributed by atoms with Crippen molar-refractivity contribution in [3.05, 3.63) is 29.8 Å². The van der Waals surface area contributed by atoms with Gasteiger partial charge in [0.25, 0.3) is 5.91 Å². The van der Waals surface area contributed by atoms with Crippen LogP contribution in [0.2, 0.25) is 0 Å². The monoisotopic (exact) mass is 369 g/mol. The van der Waals surface area contributed by atoms with E-state index in [4.69, 9.17) is 4.74 Å². The number of sulfonamides is 1. The van der Waals surface area contributed by atoms with E-state index >= 15 is 0 Å². The first-order valence-electron chi connectivity index (χ1n) is 7.97. The van der Waals surface area contributed by atoms with Gasteiger partial charge < -0.3 is 15.0 Å². The van der Waals surface area contributed by atoms with E-state index in [2.05, 4.69) is 10.0 Å². The minimum Gasteiger partial charge on any atom is -0.383 e.